The summed E-state index contributed by atoms with van der Waals surface area (Å²) in [5.74, 6) is 0.690. The highest BCUT2D eigenvalue weighted by Gasteiger charge is 2.09. The largest absolute Gasteiger partial charge is 0.489 e. The summed E-state index contributed by atoms with van der Waals surface area (Å²) in [7, 11) is 0. The van der Waals surface area contributed by atoms with Crippen molar-refractivity contribution in [1.29, 1.82) is 5.26 Å². The van der Waals surface area contributed by atoms with Crippen LogP contribution in [0.25, 0.3) is 0 Å². The second-order valence-electron chi connectivity index (χ2n) is 4.81. The third-order valence-corrected chi connectivity index (χ3v) is 3.09. The lowest BCUT2D eigenvalue weighted by atomic mass is 10.1. The van der Waals surface area contributed by atoms with E-state index in [0.717, 1.165) is 16.7 Å². The Labute approximate surface area is 119 Å². The standard InChI is InChI=1S/C17H17NO2/c1-12-3-8-17(16(9-12)13(2)19)20-11-15-6-4-14(10-18)5-7-15/h3-9,13,19H,11H2,1-2H3/t13-/m0/s1. The Hall–Kier alpha value is -2.31. The van der Waals surface area contributed by atoms with Crippen LogP contribution in [0.15, 0.2) is 42.5 Å². The average molecular weight is 267 g/mol. The molecule has 0 bridgehead atoms. The van der Waals surface area contributed by atoms with E-state index in [2.05, 4.69) is 6.07 Å². The van der Waals surface area contributed by atoms with E-state index >= 15 is 0 Å². The number of nitrogens with zero attached hydrogens (tertiary/aromatic N) is 1. The number of hydrogen-bond acceptors (Lipinski definition) is 3. The van der Waals surface area contributed by atoms with Gasteiger partial charge in [-0.25, -0.2) is 0 Å². The molecule has 1 N–H and O–H groups in total. The molecule has 20 heavy (non-hydrogen) atoms. The van der Waals surface area contributed by atoms with Crippen LogP contribution in [0.3, 0.4) is 0 Å². The first-order valence-electron chi connectivity index (χ1n) is 6.50. The van der Waals surface area contributed by atoms with Gasteiger partial charge in [0.2, 0.25) is 0 Å². The molecule has 1 atom stereocenters. The fourth-order valence-corrected chi connectivity index (χ4v) is 1.96. The fraction of sp³-hybridized carbons (Fsp3) is 0.235. The van der Waals surface area contributed by atoms with Gasteiger partial charge in [-0.15, -0.1) is 0 Å². The number of aryl methyl sites for hydroxylation is 1. The Balaban J connectivity index is 2.12. The molecule has 0 heterocycles. The van der Waals surface area contributed by atoms with Crippen molar-refractivity contribution in [3.63, 3.8) is 0 Å². The van der Waals surface area contributed by atoms with E-state index in [1.807, 2.05) is 37.3 Å². The molecule has 0 saturated carbocycles. The summed E-state index contributed by atoms with van der Waals surface area (Å²) in [6.07, 6.45) is -0.564. The monoisotopic (exact) mass is 267 g/mol. The lowest BCUT2D eigenvalue weighted by molar-refractivity contribution is 0.190. The van der Waals surface area contributed by atoms with Crippen molar-refractivity contribution < 1.29 is 9.84 Å². The normalized spacial score (nSPS) is 11.7. The van der Waals surface area contributed by atoms with Crippen molar-refractivity contribution >= 4 is 0 Å². The molecule has 102 valence electrons. The molecular weight excluding hydrogens is 250 g/mol. The molecule has 0 aromatic heterocycles. The van der Waals surface area contributed by atoms with Crippen molar-refractivity contribution in [1.82, 2.24) is 0 Å². The highest BCUT2D eigenvalue weighted by Crippen LogP contribution is 2.27. The van der Waals surface area contributed by atoms with Crippen molar-refractivity contribution in [3.05, 3.63) is 64.7 Å². The maximum absolute atomic E-state index is 9.78. The second-order valence-corrected chi connectivity index (χ2v) is 4.81. The topological polar surface area (TPSA) is 53.2 Å². The van der Waals surface area contributed by atoms with Gasteiger partial charge in [0.25, 0.3) is 0 Å². The van der Waals surface area contributed by atoms with Gasteiger partial charge in [-0.1, -0.05) is 23.8 Å². The average Bonchev–Trinajstić information content (AvgIpc) is 2.46. The predicted molar refractivity (Wildman–Crippen MR) is 77.3 cm³/mol. The number of aliphatic hydroxyl groups excluding tert-OH is 1. The molecule has 0 aliphatic carbocycles. The molecule has 0 saturated heterocycles. The van der Waals surface area contributed by atoms with Gasteiger partial charge in [0.05, 0.1) is 17.7 Å². The summed E-state index contributed by atoms with van der Waals surface area (Å²) in [4.78, 5) is 0. The molecule has 0 unspecified atom stereocenters. The Morgan fingerprint density at radius 1 is 1.20 bits per heavy atom. The van der Waals surface area contributed by atoms with Gasteiger partial charge >= 0.3 is 0 Å². The second kappa shape index (κ2) is 6.23. The number of benzene rings is 2. The number of aliphatic hydroxyl groups is 1. The zero-order valence-corrected chi connectivity index (χ0v) is 11.6. The van der Waals surface area contributed by atoms with Crippen LogP contribution in [0, 0.1) is 18.3 Å². The van der Waals surface area contributed by atoms with Crippen molar-refractivity contribution in [2.75, 3.05) is 0 Å². The summed E-state index contributed by atoms with van der Waals surface area (Å²) in [5.41, 5.74) is 3.50. The van der Waals surface area contributed by atoms with E-state index in [1.54, 1.807) is 19.1 Å². The van der Waals surface area contributed by atoms with E-state index in [-0.39, 0.29) is 0 Å². The number of hydrogen-bond donors (Lipinski definition) is 1. The zero-order chi connectivity index (χ0) is 14.5. The Morgan fingerprint density at radius 3 is 2.50 bits per heavy atom. The minimum Gasteiger partial charge on any atom is -0.489 e. The lowest BCUT2D eigenvalue weighted by Crippen LogP contribution is -2.01. The number of rotatable bonds is 4. The Kier molecular flexibility index (Phi) is 4.39. The van der Waals surface area contributed by atoms with E-state index < -0.39 is 6.10 Å². The summed E-state index contributed by atoms with van der Waals surface area (Å²) in [5, 5.41) is 18.5. The van der Waals surface area contributed by atoms with Gasteiger partial charge in [0.1, 0.15) is 12.4 Å². The molecule has 0 radical (unpaired) electrons. The van der Waals surface area contributed by atoms with E-state index in [4.69, 9.17) is 10.00 Å². The molecule has 0 aliphatic heterocycles. The van der Waals surface area contributed by atoms with Crippen LogP contribution in [0.5, 0.6) is 5.75 Å². The van der Waals surface area contributed by atoms with Crippen molar-refractivity contribution in [3.8, 4) is 11.8 Å². The first-order chi connectivity index (χ1) is 9.60. The van der Waals surface area contributed by atoms with Crippen LogP contribution in [0.4, 0.5) is 0 Å². The van der Waals surface area contributed by atoms with Crippen LogP contribution in [0.2, 0.25) is 0 Å². The van der Waals surface area contributed by atoms with E-state index in [9.17, 15) is 5.11 Å². The SMILES string of the molecule is Cc1ccc(OCc2ccc(C#N)cc2)c([C@H](C)O)c1. The third kappa shape index (κ3) is 3.37. The first-order valence-corrected chi connectivity index (χ1v) is 6.50. The third-order valence-electron chi connectivity index (χ3n) is 3.09. The minimum atomic E-state index is -0.564. The summed E-state index contributed by atoms with van der Waals surface area (Å²) >= 11 is 0. The molecule has 2 aromatic rings. The molecule has 3 nitrogen and oxygen atoms in total. The molecular formula is C17H17NO2. The van der Waals surface area contributed by atoms with Gasteiger partial charge < -0.3 is 9.84 Å². The van der Waals surface area contributed by atoms with Gasteiger partial charge in [0.15, 0.2) is 0 Å². The number of nitriles is 1. The van der Waals surface area contributed by atoms with Crippen LogP contribution >= 0.6 is 0 Å². The maximum atomic E-state index is 9.78. The van der Waals surface area contributed by atoms with Gasteiger partial charge in [-0.2, -0.15) is 5.26 Å². The lowest BCUT2D eigenvalue weighted by Gasteiger charge is -2.14. The smallest absolute Gasteiger partial charge is 0.125 e. The quantitative estimate of drug-likeness (QED) is 0.922. The summed E-state index contributed by atoms with van der Waals surface area (Å²) in [6.45, 7) is 4.12. The Bertz CT molecular complexity index is 624. The minimum absolute atomic E-state index is 0.411. The molecule has 2 aromatic carbocycles. The predicted octanol–water partition coefficient (Wildman–Crippen LogP) is 3.50. The zero-order valence-electron chi connectivity index (χ0n) is 11.6. The maximum Gasteiger partial charge on any atom is 0.125 e. The molecule has 0 spiro atoms. The fourth-order valence-electron chi connectivity index (χ4n) is 1.96. The highest BCUT2D eigenvalue weighted by molar-refractivity contribution is 5.38. The molecule has 0 fully saturated rings. The van der Waals surface area contributed by atoms with Crippen molar-refractivity contribution in [2.24, 2.45) is 0 Å². The molecule has 0 aliphatic rings. The Morgan fingerprint density at radius 2 is 1.90 bits per heavy atom. The van der Waals surface area contributed by atoms with Crippen LogP contribution in [-0.2, 0) is 6.61 Å². The van der Waals surface area contributed by atoms with E-state index in [1.165, 1.54) is 0 Å². The molecule has 3 heteroatoms. The highest BCUT2D eigenvalue weighted by atomic mass is 16.5. The first kappa shape index (κ1) is 14.1. The van der Waals surface area contributed by atoms with Crippen molar-refractivity contribution in [2.45, 2.75) is 26.6 Å². The van der Waals surface area contributed by atoms with Crippen LogP contribution < -0.4 is 4.74 Å². The number of ether oxygens (including phenoxy) is 1. The summed E-state index contributed by atoms with van der Waals surface area (Å²) in [6, 6.07) is 15.1. The van der Waals surface area contributed by atoms with Crippen LogP contribution in [0.1, 0.15) is 35.3 Å². The molecule has 0 amide bonds. The van der Waals surface area contributed by atoms with Gasteiger partial charge in [-0.3, -0.25) is 0 Å². The molecule has 2 rings (SSSR count). The van der Waals surface area contributed by atoms with Gasteiger partial charge in [0, 0.05) is 5.56 Å². The van der Waals surface area contributed by atoms with E-state index in [0.29, 0.717) is 17.9 Å². The van der Waals surface area contributed by atoms with Crippen LogP contribution in [-0.4, -0.2) is 5.11 Å². The van der Waals surface area contributed by atoms with Gasteiger partial charge in [-0.05, 0) is 43.7 Å². The summed E-state index contributed by atoms with van der Waals surface area (Å²) < 4.78 is 5.77.